The van der Waals surface area contributed by atoms with Crippen LogP contribution in [0, 0.1) is 5.21 Å². The molecule has 0 aliphatic carbocycles. The molecule has 30 heavy (non-hydrogen) atoms. The molecule has 8 heteroatoms. The summed E-state index contributed by atoms with van der Waals surface area (Å²) in [5, 5.41) is 21.2. The number of methoxy groups -OCH3 is 1. The molecule has 0 saturated heterocycles. The average molecular weight is 424 g/mol. The standard InChI is InChI=1S/C22H17N3O4.ClH/c1-29-21-19(22(26)24-27)17-13-25(28)12-11-18(17)23-20(21)16-9-7-15(8-10-16)14-5-3-2-4-6-14;/h2-13,27H,1H3,(H,24,26);1H. The molecule has 152 valence electrons. The number of hydrogen-bond donors (Lipinski definition) is 2. The Kier molecular flexibility index (Phi) is 6.15. The van der Waals surface area contributed by atoms with Gasteiger partial charge >= 0.3 is 0 Å². The molecule has 0 aliphatic heterocycles. The van der Waals surface area contributed by atoms with Crippen LogP contribution in [-0.2, 0) is 0 Å². The van der Waals surface area contributed by atoms with Gasteiger partial charge in [-0.3, -0.25) is 10.0 Å². The number of benzene rings is 2. The van der Waals surface area contributed by atoms with Crippen molar-refractivity contribution >= 4 is 29.2 Å². The number of hydrogen-bond acceptors (Lipinski definition) is 5. The minimum absolute atomic E-state index is 0. The normalized spacial score (nSPS) is 10.3. The van der Waals surface area contributed by atoms with Crippen molar-refractivity contribution in [2.75, 3.05) is 7.11 Å². The van der Waals surface area contributed by atoms with Gasteiger partial charge in [-0.25, -0.2) is 10.5 Å². The molecule has 0 unspecified atom stereocenters. The van der Waals surface area contributed by atoms with Gasteiger partial charge in [0, 0.05) is 11.6 Å². The number of amides is 1. The molecule has 0 radical (unpaired) electrons. The predicted molar refractivity (Wildman–Crippen MR) is 115 cm³/mol. The van der Waals surface area contributed by atoms with Crippen LogP contribution < -0.4 is 14.9 Å². The van der Waals surface area contributed by atoms with Gasteiger partial charge in [0.15, 0.2) is 18.1 Å². The van der Waals surface area contributed by atoms with Crippen molar-refractivity contribution in [3.8, 4) is 28.1 Å². The number of hydroxylamine groups is 1. The van der Waals surface area contributed by atoms with Crippen LogP contribution in [0.3, 0.4) is 0 Å². The Morgan fingerprint density at radius 2 is 1.67 bits per heavy atom. The second-order valence-electron chi connectivity index (χ2n) is 6.36. The van der Waals surface area contributed by atoms with Crippen molar-refractivity contribution in [1.82, 2.24) is 10.5 Å². The Labute approximate surface area is 178 Å². The van der Waals surface area contributed by atoms with Crippen molar-refractivity contribution in [3.05, 3.63) is 83.8 Å². The zero-order valence-corrected chi connectivity index (χ0v) is 16.7. The fraction of sp³-hybridized carbons (Fsp3) is 0.0455. The number of nitrogens with one attached hydrogen (secondary N) is 1. The van der Waals surface area contributed by atoms with E-state index in [0.717, 1.165) is 16.7 Å². The van der Waals surface area contributed by atoms with E-state index < -0.39 is 5.91 Å². The SMILES string of the molecule is COc1c(-c2ccc(-c3ccccc3)cc2)nc2cc[n+]([O-])cc2c1C(=O)NO.Cl. The van der Waals surface area contributed by atoms with Crippen molar-refractivity contribution in [2.24, 2.45) is 0 Å². The topological polar surface area (TPSA) is 98.4 Å². The molecule has 7 nitrogen and oxygen atoms in total. The molecule has 0 spiro atoms. The van der Waals surface area contributed by atoms with Gasteiger partial charge in [-0.2, -0.15) is 4.73 Å². The third kappa shape index (κ3) is 3.76. The Bertz CT molecular complexity index is 1200. The maximum absolute atomic E-state index is 12.4. The number of fused-ring (bicyclic) bond motifs is 1. The Morgan fingerprint density at radius 1 is 1.03 bits per heavy atom. The highest BCUT2D eigenvalue weighted by molar-refractivity contribution is 6.09. The molecule has 0 saturated carbocycles. The van der Waals surface area contributed by atoms with Gasteiger partial charge in [-0.1, -0.05) is 54.6 Å². The van der Waals surface area contributed by atoms with Gasteiger partial charge in [0.25, 0.3) is 5.91 Å². The Hall–Kier alpha value is -3.68. The molecule has 0 atom stereocenters. The first-order valence-corrected chi connectivity index (χ1v) is 8.83. The molecular formula is C22H18ClN3O4. The van der Waals surface area contributed by atoms with E-state index in [1.807, 2.05) is 54.6 Å². The number of carbonyl (C=O) groups is 1. The van der Waals surface area contributed by atoms with Gasteiger partial charge in [0.1, 0.15) is 11.3 Å². The average Bonchev–Trinajstić information content (AvgIpc) is 2.78. The summed E-state index contributed by atoms with van der Waals surface area (Å²) < 4.78 is 6.03. The zero-order valence-electron chi connectivity index (χ0n) is 15.9. The van der Waals surface area contributed by atoms with Crippen molar-refractivity contribution < 1.29 is 19.5 Å². The van der Waals surface area contributed by atoms with Crippen molar-refractivity contribution in [3.63, 3.8) is 0 Å². The van der Waals surface area contributed by atoms with E-state index in [1.165, 1.54) is 25.6 Å². The van der Waals surface area contributed by atoms with E-state index in [4.69, 9.17) is 4.74 Å². The minimum atomic E-state index is -0.789. The quantitative estimate of drug-likeness (QED) is 0.225. The minimum Gasteiger partial charge on any atom is -0.619 e. The van der Waals surface area contributed by atoms with Crippen LogP contribution in [0.1, 0.15) is 10.4 Å². The lowest BCUT2D eigenvalue weighted by atomic mass is 10.00. The molecular weight excluding hydrogens is 406 g/mol. The van der Waals surface area contributed by atoms with Crippen LogP contribution in [0.15, 0.2) is 73.1 Å². The lowest BCUT2D eigenvalue weighted by Crippen LogP contribution is -2.26. The number of halogens is 1. The number of pyridine rings is 2. The highest BCUT2D eigenvalue weighted by atomic mass is 35.5. The first-order valence-electron chi connectivity index (χ1n) is 8.83. The summed E-state index contributed by atoms with van der Waals surface area (Å²) in [6.45, 7) is 0. The predicted octanol–water partition coefficient (Wildman–Crippen LogP) is 3.75. The van der Waals surface area contributed by atoms with Crippen LogP contribution in [0.2, 0.25) is 0 Å². The summed E-state index contributed by atoms with van der Waals surface area (Å²) in [6, 6.07) is 19.1. The van der Waals surface area contributed by atoms with Gasteiger partial charge in [-0.15, -0.1) is 12.4 Å². The fourth-order valence-electron chi connectivity index (χ4n) is 3.30. The van der Waals surface area contributed by atoms with Crippen LogP contribution in [-0.4, -0.2) is 23.2 Å². The first-order chi connectivity index (χ1) is 14.1. The third-order valence-electron chi connectivity index (χ3n) is 4.65. The summed E-state index contributed by atoms with van der Waals surface area (Å²) in [7, 11) is 1.41. The maximum atomic E-state index is 12.4. The van der Waals surface area contributed by atoms with E-state index in [0.29, 0.717) is 15.9 Å². The highest BCUT2D eigenvalue weighted by Crippen LogP contribution is 2.36. The second kappa shape index (κ2) is 8.77. The lowest BCUT2D eigenvalue weighted by Gasteiger charge is -2.15. The lowest BCUT2D eigenvalue weighted by molar-refractivity contribution is -0.603. The Balaban J connectivity index is 0.00000256. The summed E-state index contributed by atoms with van der Waals surface area (Å²) in [5.74, 6) is -0.620. The molecule has 2 heterocycles. The fourth-order valence-corrected chi connectivity index (χ4v) is 3.30. The number of rotatable bonds is 4. The van der Waals surface area contributed by atoms with Crippen molar-refractivity contribution in [1.29, 1.82) is 0 Å². The number of aromatic nitrogens is 2. The Morgan fingerprint density at radius 3 is 2.30 bits per heavy atom. The van der Waals surface area contributed by atoms with Crippen LogP contribution in [0.25, 0.3) is 33.3 Å². The molecule has 4 aromatic rings. The van der Waals surface area contributed by atoms with Gasteiger partial charge in [-0.05, 0) is 11.1 Å². The third-order valence-corrected chi connectivity index (χ3v) is 4.65. The summed E-state index contributed by atoms with van der Waals surface area (Å²) in [4.78, 5) is 17.0. The van der Waals surface area contributed by atoms with E-state index in [9.17, 15) is 15.2 Å². The summed E-state index contributed by atoms with van der Waals surface area (Å²) >= 11 is 0. The summed E-state index contributed by atoms with van der Waals surface area (Å²) in [6.07, 6.45) is 2.52. The molecule has 2 aromatic carbocycles. The van der Waals surface area contributed by atoms with Crippen LogP contribution in [0.4, 0.5) is 0 Å². The maximum Gasteiger partial charge on any atom is 0.279 e. The van der Waals surface area contributed by atoms with E-state index >= 15 is 0 Å². The second-order valence-corrected chi connectivity index (χ2v) is 6.36. The van der Waals surface area contributed by atoms with Crippen molar-refractivity contribution in [2.45, 2.75) is 0 Å². The molecule has 2 N–H and O–H groups in total. The largest absolute Gasteiger partial charge is 0.619 e. The monoisotopic (exact) mass is 423 g/mol. The highest BCUT2D eigenvalue weighted by Gasteiger charge is 2.24. The molecule has 0 aliphatic rings. The first kappa shape index (κ1) is 21.0. The molecule has 0 bridgehead atoms. The van der Waals surface area contributed by atoms with E-state index in [2.05, 4.69) is 4.98 Å². The molecule has 0 fully saturated rings. The molecule has 1 amide bonds. The van der Waals surface area contributed by atoms with E-state index in [-0.39, 0.29) is 29.1 Å². The van der Waals surface area contributed by atoms with Gasteiger partial charge < -0.3 is 9.94 Å². The number of nitrogens with zero attached hydrogens (tertiary/aromatic N) is 2. The summed E-state index contributed by atoms with van der Waals surface area (Å²) in [5.41, 5.74) is 5.36. The zero-order chi connectivity index (χ0) is 20.4. The van der Waals surface area contributed by atoms with Gasteiger partial charge in [0.2, 0.25) is 0 Å². The molecule has 4 rings (SSSR count). The van der Waals surface area contributed by atoms with Gasteiger partial charge in [0.05, 0.1) is 18.0 Å². The van der Waals surface area contributed by atoms with Crippen LogP contribution >= 0.6 is 12.4 Å². The van der Waals surface area contributed by atoms with E-state index in [1.54, 1.807) is 5.48 Å². The smallest absolute Gasteiger partial charge is 0.279 e. The molecule has 2 aromatic heterocycles. The number of carbonyl (C=O) groups excluding carboxylic acids is 1. The van der Waals surface area contributed by atoms with Crippen LogP contribution in [0.5, 0.6) is 5.75 Å². The number of ether oxygens (including phenoxy) is 1.